The minimum atomic E-state index is -1.86. The van der Waals surface area contributed by atoms with Crippen LogP contribution in [0.15, 0.2) is 35.4 Å². The summed E-state index contributed by atoms with van der Waals surface area (Å²) in [4.78, 5) is 19.1. The monoisotopic (exact) mass is 1070 g/mol. The summed E-state index contributed by atoms with van der Waals surface area (Å²) in [5.41, 5.74) is -3.31. The third-order valence-electron chi connectivity index (χ3n) is 16.2. The number of methoxy groups -OCH3 is 2. The van der Waals surface area contributed by atoms with E-state index in [-0.39, 0.29) is 25.2 Å². The molecule has 21 heteroatoms. The van der Waals surface area contributed by atoms with E-state index in [1.807, 2.05) is 44.7 Å². The number of hydrogen-bond donors (Lipinski definition) is 5. The van der Waals surface area contributed by atoms with E-state index < -0.39 is 138 Å². The highest BCUT2D eigenvalue weighted by molar-refractivity contribution is 7.85. The zero-order chi connectivity index (χ0) is 55.2. The average molecular weight is 1070 g/mol. The van der Waals surface area contributed by atoms with E-state index in [0.29, 0.717) is 47.8 Å². The maximum Gasteiger partial charge on any atom is 0.311 e. The number of likely N-dealkylation sites (N-methyl/N-ethyl adjacent to an activating group) is 2. The molecule has 0 aliphatic carbocycles. The Morgan fingerprint density at radius 3 is 2.23 bits per heavy atom. The summed E-state index contributed by atoms with van der Waals surface area (Å²) in [7, 11) is 5.56. The standard InChI is InChI=1S/C53H90FN5O14S/c1-16-41-53(11,65)46(61)34(7)58(13)28-30(3)25-51(9,64)48(32(5)44(33(6)49(63)71-41)72-42-26-52(10,68-15)47(62)35(8)70-42)73-50-43(60)39(24-31(4)69-50)57(12)23-22-37-29-59(56-55-37)40(27-54)45(67-14)36-18-20-38(21-19-36)74(66)17-2/h18-21,29-35,39-48,50,60-62,64-65H,16-17,22-28H2,1-15H3/t30-,31-,32+,33-,34-,35+,39+,40-,41-,42+,43-,44+,45-,46-,47+,48-,50+,51-,52-,53-,74?/m1/s1. The van der Waals surface area contributed by atoms with Crippen molar-refractivity contribution in [3.05, 3.63) is 41.7 Å². The molecular formula is C53H90FN5O14S. The number of aromatic nitrogens is 3. The largest absolute Gasteiger partial charge is 0.459 e. The number of carbonyl (C=O) groups is 1. The van der Waals surface area contributed by atoms with E-state index in [4.69, 9.17) is 33.2 Å². The fourth-order valence-electron chi connectivity index (χ4n) is 11.5. The second-order valence-electron chi connectivity index (χ2n) is 22.2. The molecular weight excluding hydrogens is 982 g/mol. The van der Waals surface area contributed by atoms with Crippen LogP contribution in [-0.4, -0.2) is 205 Å². The van der Waals surface area contributed by atoms with Gasteiger partial charge in [0.15, 0.2) is 12.6 Å². The molecule has 74 heavy (non-hydrogen) atoms. The first kappa shape index (κ1) is 62.2. The highest BCUT2D eigenvalue weighted by Crippen LogP contribution is 2.41. The van der Waals surface area contributed by atoms with Gasteiger partial charge < -0.3 is 68.5 Å². The Morgan fingerprint density at radius 1 is 0.973 bits per heavy atom. The molecule has 4 heterocycles. The first-order valence-corrected chi connectivity index (χ1v) is 27.7. The summed E-state index contributed by atoms with van der Waals surface area (Å²) in [6.07, 6.45) is -8.15. The molecule has 5 rings (SSSR count). The van der Waals surface area contributed by atoms with Crippen LogP contribution >= 0.6 is 0 Å². The minimum Gasteiger partial charge on any atom is -0.459 e. The highest BCUT2D eigenvalue weighted by Gasteiger charge is 2.53. The van der Waals surface area contributed by atoms with Crippen molar-refractivity contribution in [2.45, 2.75) is 216 Å². The quantitative estimate of drug-likeness (QED) is 0.140. The van der Waals surface area contributed by atoms with Gasteiger partial charge >= 0.3 is 5.97 Å². The van der Waals surface area contributed by atoms with Gasteiger partial charge in [0.2, 0.25) is 0 Å². The molecule has 5 N–H and O–H groups in total. The Bertz CT molecular complexity index is 2090. The molecule has 1 unspecified atom stereocenters. The molecule has 0 radical (unpaired) electrons. The van der Waals surface area contributed by atoms with Gasteiger partial charge in [-0.1, -0.05) is 45.0 Å². The van der Waals surface area contributed by atoms with Gasteiger partial charge in [0, 0.05) is 75.0 Å². The lowest BCUT2D eigenvalue weighted by atomic mass is 9.77. The average Bonchev–Trinajstić information content (AvgIpc) is 3.84. The van der Waals surface area contributed by atoms with Crippen molar-refractivity contribution in [3.8, 4) is 0 Å². The highest BCUT2D eigenvalue weighted by atomic mass is 32.2. The lowest BCUT2D eigenvalue weighted by molar-refractivity contribution is -0.318. The number of alkyl halides is 1. The second-order valence-corrected chi connectivity index (χ2v) is 23.9. The number of benzene rings is 1. The van der Waals surface area contributed by atoms with Crippen LogP contribution in [0.2, 0.25) is 0 Å². The smallest absolute Gasteiger partial charge is 0.311 e. The molecule has 0 amide bonds. The van der Waals surface area contributed by atoms with Gasteiger partial charge in [0.25, 0.3) is 0 Å². The Kier molecular flexibility index (Phi) is 22.2. The molecule has 3 aliphatic heterocycles. The van der Waals surface area contributed by atoms with Crippen molar-refractivity contribution in [3.63, 3.8) is 0 Å². The lowest BCUT2D eigenvalue weighted by Crippen LogP contribution is -2.61. The third-order valence-corrected chi connectivity index (χ3v) is 17.5. The number of hydrogen-bond acceptors (Lipinski definition) is 18. The molecule has 0 spiro atoms. The number of rotatable bonds is 17. The van der Waals surface area contributed by atoms with Gasteiger partial charge in [-0.15, -0.1) is 5.10 Å². The SMILES string of the molecule is CC[C@H]1OC(=O)[C@H](C)[C@@H](O[C@H]2C[C@@](C)(OC)[C@@H](O)[C@H](C)O2)[C@H](C)[C@@H](O[C@@H]2O[C@H](C)C[C@H](N(C)CCc3cn([C@H](CF)[C@H](OC)c4ccc(S(=O)CC)cc4)nn3)[C@H]2O)[C@](C)(O)C[C@@H](C)CN(C)[C@H](C)[C@@H](O)[C@]1(C)O. The maximum absolute atomic E-state index is 14.8. The number of cyclic esters (lactones) is 1. The Hall–Kier alpha value is -2.61. The fraction of sp³-hybridized carbons (Fsp3) is 0.830. The number of halogens is 1. The number of nitrogens with zero attached hydrogens (tertiary/aromatic N) is 5. The Balaban J connectivity index is 1.44. The summed E-state index contributed by atoms with van der Waals surface area (Å²) in [5.74, 6) is -2.41. The van der Waals surface area contributed by atoms with E-state index in [9.17, 15) is 38.9 Å². The molecule has 0 saturated carbocycles. The van der Waals surface area contributed by atoms with Gasteiger partial charge in [-0.05, 0) is 105 Å². The first-order chi connectivity index (χ1) is 34.7. The predicted octanol–water partition coefficient (Wildman–Crippen LogP) is 4.13. The summed E-state index contributed by atoms with van der Waals surface area (Å²) in [6.45, 7) is 19.2. The molecule has 424 valence electrons. The minimum absolute atomic E-state index is 0.0799. The Labute approximate surface area is 441 Å². The van der Waals surface area contributed by atoms with Crippen LogP contribution in [0.3, 0.4) is 0 Å². The lowest BCUT2D eigenvalue weighted by Gasteiger charge is -2.49. The van der Waals surface area contributed by atoms with Crippen LogP contribution in [0.25, 0.3) is 0 Å². The molecule has 3 saturated heterocycles. The molecule has 1 aromatic heterocycles. The number of esters is 1. The van der Waals surface area contributed by atoms with Crippen LogP contribution < -0.4 is 0 Å². The van der Waals surface area contributed by atoms with Crippen LogP contribution in [0.4, 0.5) is 4.39 Å². The normalized spacial score (nSPS) is 39.7. The zero-order valence-corrected chi connectivity index (χ0v) is 47.3. The van der Waals surface area contributed by atoms with Crippen LogP contribution in [0.5, 0.6) is 0 Å². The van der Waals surface area contributed by atoms with Gasteiger partial charge in [0.1, 0.15) is 48.8 Å². The summed E-state index contributed by atoms with van der Waals surface area (Å²) >= 11 is 0. The van der Waals surface area contributed by atoms with Crippen molar-refractivity contribution in [1.82, 2.24) is 24.8 Å². The van der Waals surface area contributed by atoms with Crippen molar-refractivity contribution in [1.29, 1.82) is 0 Å². The van der Waals surface area contributed by atoms with E-state index in [1.165, 1.54) is 25.8 Å². The van der Waals surface area contributed by atoms with Gasteiger partial charge in [-0.25, -0.2) is 9.07 Å². The molecule has 21 atom stereocenters. The number of ether oxygens (including phenoxy) is 7. The van der Waals surface area contributed by atoms with Crippen molar-refractivity contribution < 1.29 is 72.1 Å². The molecule has 3 fully saturated rings. The summed E-state index contributed by atoms with van der Waals surface area (Å²) in [5, 5.41) is 68.5. The van der Waals surface area contributed by atoms with Crippen LogP contribution in [0.1, 0.15) is 125 Å². The molecule has 0 bridgehead atoms. The zero-order valence-electron chi connectivity index (χ0n) is 46.5. The van der Waals surface area contributed by atoms with E-state index in [0.717, 1.165) is 0 Å². The fourth-order valence-corrected chi connectivity index (χ4v) is 12.3. The van der Waals surface area contributed by atoms with Crippen molar-refractivity contribution in [2.75, 3.05) is 53.8 Å². The number of aliphatic hydroxyl groups is 5. The number of carbonyl (C=O) groups excluding carboxylic acids is 1. The molecule has 2 aromatic rings. The Morgan fingerprint density at radius 2 is 1.64 bits per heavy atom. The van der Waals surface area contributed by atoms with Gasteiger partial charge in [-0.2, -0.15) is 0 Å². The summed E-state index contributed by atoms with van der Waals surface area (Å²) < 4.78 is 72.7. The molecule has 19 nitrogen and oxygen atoms in total. The molecule has 3 aliphatic rings. The van der Waals surface area contributed by atoms with Crippen LogP contribution in [-0.2, 0) is 55.2 Å². The van der Waals surface area contributed by atoms with E-state index in [2.05, 4.69) is 10.3 Å². The maximum atomic E-state index is 14.8. The predicted molar refractivity (Wildman–Crippen MR) is 275 cm³/mol. The number of aliphatic hydroxyl groups excluding tert-OH is 3. The van der Waals surface area contributed by atoms with E-state index >= 15 is 0 Å². The second kappa shape index (κ2) is 26.4. The van der Waals surface area contributed by atoms with Gasteiger partial charge in [-0.3, -0.25) is 9.00 Å². The van der Waals surface area contributed by atoms with Crippen molar-refractivity contribution >= 4 is 16.8 Å². The van der Waals surface area contributed by atoms with E-state index in [1.54, 1.807) is 78.9 Å². The first-order valence-electron chi connectivity index (χ1n) is 26.4. The van der Waals surface area contributed by atoms with Gasteiger partial charge in [0.05, 0.1) is 58.0 Å². The van der Waals surface area contributed by atoms with Crippen LogP contribution in [0, 0.1) is 17.8 Å². The topological polar surface area (TPSA) is 237 Å². The van der Waals surface area contributed by atoms with Crippen molar-refractivity contribution in [2.24, 2.45) is 17.8 Å². The third kappa shape index (κ3) is 14.3. The summed E-state index contributed by atoms with van der Waals surface area (Å²) in [6, 6.07) is 5.18. The molecule has 1 aromatic carbocycles.